The first-order valence-electron chi connectivity index (χ1n) is 5.48. The molecule has 0 atom stereocenters. The molecule has 0 unspecified atom stereocenters. The summed E-state index contributed by atoms with van der Waals surface area (Å²) in [5.41, 5.74) is 8.80. The van der Waals surface area contributed by atoms with Crippen molar-refractivity contribution in [2.24, 2.45) is 0 Å². The fraction of sp³-hybridized carbons (Fsp3) is 0. The van der Waals surface area contributed by atoms with Crippen molar-refractivity contribution >= 4 is 28.9 Å². The lowest BCUT2D eigenvalue weighted by atomic mass is 10.2. The van der Waals surface area contributed by atoms with E-state index in [1.807, 2.05) is 6.07 Å². The van der Waals surface area contributed by atoms with Crippen LogP contribution >= 0.6 is 23.2 Å². The minimum atomic E-state index is 0.470. The van der Waals surface area contributed by atoms with E-state index in [1.54, 1.807) is 41.6 Å². The van der Waals surface area contributed by atoms with Gasteiger partial charge in [0, 0.05) is 5.56 Å². The SMILES string of the molecule is Nc1cn(-c2ccc(Cl)c(Cl)c2)nc1-c1ccoc1. The van der Waals surface area contributed by atoms with Gasteiger partial charge in [0.05, 0.1) is 40.1 Å². The summed E-state index contributed by atoms with van der Waals surface area (Å²) in [7, 11) is 0. The van der Waals surface area contributed by atoms with Gasteiger partial charge < -0.3 is 10.2 Å². The maximum Gasteiger partial charge on any atom is 0.119 e. The molecule has 0 saturated heterocycles. The number of nitrogen functional groups attached to an aromatic ring is 1. The predicted molar refractivity (Wildman–Crippen MR) is 75.7 cm³/mol. The van der Waals surface area contributed by atoms with Crippen molar-refractivity contribution in [3.8, 4) is 16.9 Å². The Hall–Kier alpha value is -1.91. The summed E-state index contributed by atoms with van der Waals surface area (Å²) in [6.07, 6.45) is 4.90. The summed E-state index contributed by atoms with van der Waals surface area (Å²) in [5, 5.41) is 5.39. The Morgan fingerprint density at radius 3 is 2.68 bits per heavy atom. The van der Waals surface area contributed by atoms with Gasteiger partial charge in [0.1, 0.15) is 5.69 Å². The summed E-state index contributed by atoms with van der Waals surface area (Å²) < 4.78 is 6.68. The Labute approximate surface area is 119 Å². The highest BCUT2D eigenvalue weighted by Crippen LogP contribution is 2.28. The first kappa shape index (κ1) is 12.1. The molecule has 2 heterocycles. The molecule has 0 amide bonds. The zero-order chi connectivity index (χ0) is 13.4. The average molecular weight is 294 g/mol. The van der Waals surface area contributed by atoms with Crippen LogP contribution in [0.3, 0.4) is 0 Å². The molecule has 0 radical (unpaired) electrons. The lowest BCUT2D eigenvalue weighted by Crippen LogP contribution is -1.94. The van der Waals surface area contributed by atoms with Crippen LogP contribution in [0.15, 0.2) is 47.4 Å². The van der Waals surface area contributed by atoms with Gasteiger partial charge in [-0.15, -0.1) is 0 Å². The Morgan fingerprint density at radius 2 is 2.00 bits per heavy atom. The molecule has 4 nitrogen and oxygen atoms in total. The van der Waals surface area contributed by atoms with Gasteiger partial charge in [-0.2, -0.15) is 5.10 Å². The van der Waals surface area contributed by atoms with Crippen LogP contribution in [0.25, 0.3) is 16.9 Å². The van der Waals surface area contributed by atoms with Crippen LogP contribution in [0, 0.1) is 0 Å². The standard InChI is InChI=1S/C13H9Cl2N3O/c14-10-2-1-9(5-11(10)15)18-6-12(16)13(17-18)8-3-4-19-7-8/h1-7H,16H2. The van der Waals surface area contributed by atoms with E-state index in [2.05, 4.69) is 5.10 Å². The minimum absolute atomic E-state index is 0.470. The Morgan fingerprint density at radius 1 is 1.16 bits per heavy atom. The molecule has 3 rings (SSSR count). The van der Waals surface area contributed by atoms with Crippen molar-refractivity contribution in [3.63, 3.8) is 0 Å². The summed E-state index contributed by atoms with van der Waals surface area (Å²) in [4.78, 5) is 0. The monoisotopic (exact) mass is 293 g/mol. The first-order chi connectivity index (χ1) is 9.15. The maximum atomic E-state index is 5.99. The van der Waals surface area contributed by atoms with E-state index in [0.717, 1.165) is 11.3 Å². The van der Waals surface area contributed by atoms with Crippen molar-refractivity contribution < 1.29 is 4.42 Å². The molecule has 2 aromatic heterocycles. The summed E-state index contributed by atoms with van der Waals surface area (Å²) in [6.45, 7) is 0. The third-order valence-electron chi connectivity index (χ3n) is 2.70. The van der Waals surface area contributed by atoms with Crippen LogP contribution in [0.2, 0.25) is 10.0 Å². The third kappa shape index (κ3) is 2.20. The molecule has 2 N–H and O–H groups in total. The van der Waals surface area contributed by atoms with Crippen molar-refractivity contribution in [1.82, 2.24) is 9.78 Å². The Kier molecular flexibility index (Phi) is 2.97. The summed E-state index contributed by atoms with van der Waals surface area (Å²) >= 11 is 11.9. The first-order valence-corrected chi connectivity index (χ1v) is 6.24. The molecule has 0 aliphatic heterocycles. The zero-order valence-corrected chi connectivity index (χ0v) is 11.2. The minimum Gasteiger partial charge on any atom is -0.472 e. The van der Waals surface area contributed by atoms with Crippen molar-refractivity contribution in [1.29, 1.82) is 0 Å². The van der Waals surface area contributed by atoms with Crippen LogP contribution in [-0.4, -0.2) is 9.78 Å². The number of rotatable bonds is 2. The van der Waals surface area contributed by atoms with E-state index in [9.17, 15) is 0 Å². The second-order valence-corrected chi connectivity index (χ2v) is 4.80. The number of nitrogens with two attached hydrogens (primary N) is 1. The Balaban J connectivity index is 2.07. The molecule has 0 bridgehead atoms. The lowest BCUT2D eigenvalue weighted by Gasteiger charge is -2.02. The average Bonchev–Trinajstić information content (AvgIpc) is 3.01. The maximum absolute atomic E-state index is 5.99. The van der Waals surface area contributed by atoms with Crippen LogP contribution < -0.4 is 5.73 Å². The molecule has 96 valence electrons. The number of hydrogen-bond acceptors (Lipinski definition) is 3. The number of hydrogen-bond donors (Lipinski definition) is 1. The molecule has 0 aliphatic rings. The van der Waals surface area contributed by atoms with Gasteiger partial charge in [-0.05, 0) is 24.3 Å². The molecule has 19 heavy (non-hydrogen) atoms. The molecule has 1 aromatic carbocycles. The largest absolute Gasteiger partial charge is 0.472 e. The fourth-order valence-electron chi connectivity index (χ4n) is 1.77. The van der Waals surface area contributed by atoms with Crippen LogP contribution in [0.5, 0.6) is 0 Å². The van der Waals surface area contributed by atoms with Gasteiger partial charge in [-0.1, -0.05) is 23.2 Å². The summed E-state index contributed by atoms with van der Waals surface area (Å²) in [5.74, 6) is 0. The smallest absolute Gasteiger partial charge is 0.119 e. The van der Waals surface area contributed by atoms with Gasteiger partial charge in [-0.25, -0.2) is 4.68 Å². The molecule has 3 aromatic rings. The van der Waals surface area contributed by atoms with Crippen LogP contribution in [0.4, 0.5) is 5.69 Å². The van der Waals surface area contributed by atoms with Crippen molar-refractivity contribution in [2.75, 3.05) is 5.73 Å². The highest BCUT2D eigenvalue weighted by molar-refractivity contribution is 6.42. The highest BCUT2D eigenvalue weighted by atomic mass is 35.5. The van der Waals surface area contributed by atoms with Gasteiger partial charge in [0.2, 0.25) is 0 Å². The molecule has 0 spiro atoms. The highest BCUT2D eigenvalue weighted by Gasteiger charge is 2.11. The van der Waals surface area contributed by atoms with E-state index in [-0.39, 0.29) is 0 Å². The molecule has 0 saturated carbocycles. The van der Waals surface area contributed by atoms with Crippen molar-refractivity contribution in [2.45, 2.75) is 0 Å². The van der Waals surface area contributed by atoms with Crippen LogP contribution in [-0.2, 0) is 0 Å². The fourth-order valence-corrected chi connectivity index (χ4v) is 2.06. The molecule has 6 heteroatoms. The topological polar surface area (TPSA) is 57.0 Å². The second-order valence-electron chi connectivity index (χ2n) is 3.99. The molecule has 0 aliphatic carbocycles. The van der Waals surface area contributed by atoms with Gasteiger partial charge in [-0.3, -0.25) is 0 Å². The molecular formula is C13H9Cl2N3O. The third-order valence-corrected chi connectivity index (χ3v) is 3.44. The van der Waals surface area contributed by atoms with Gasteiger partial charge >= 0.3 is 0 Å². The quantitative estimate of drug-likeness (QED) is 0.776. The number of benzene rings is 1. The van der Waals surface area contributed by atoms with Gasteiger partial charge in [0.25, 0.3) is 0 Å². The Bertz CT molecular complexity index is 720. The number of aromatic nitrogens is 2. The summed E-state index contributed by atoms with van der Waals surface area (Å²) in [6, 6.07) is 7.07. The molecular weight excluding hydrogens is 285 g/mol. The number of halogens is 2. The van der Waals surface area contributed by atoms with E-state index >= 15 is 0 Å². The van der Waals surface area contributed by atoms with E-state index in [4.69, 9.17) is 33.4 Å². The zero-order valence-electron chi connectivity index (χ0n) is 9.68. The second kappa shape index (κ2) is 4.64. The number of furan rings is 1. The van der Waals surface area contributed by atoms with Crippen molar-refractivity contribution in [3.05, 3.63) is 53.0 Å². The van der Waals surface area contributed by atoms with Gasteiger partial charge in [0.15, 0.2) is 0 Å². The number of nitrogens with zero attached hydrogens (tertiary/aromatic N) is 2. The van der Waals surface area contributed by atoms with Crippen LogP contribution in [0.1, 0.15) is 0 Å². The predicted octanol–water partition coefficient (Wildman–Crippen LogP) is 4.02. The van der Waals surface area contributed by atoms with E-state index in [0.29, 0.717) is 21.4 Å². The van der Waals surface area contributed by atoms with E-state index < -0.39 is 0 Å². The normalized spacial score (nSPS) is 10.8. The van der Waals surface area contributed by atoms with E-state index in [1.165, 1.54) is 0 Å². The lowest BCUT2D eigenvalue weighted by molar-refractivity contribution is 0.568. The number of anilines is 1. The molecule has 0 fully saturated rings.